The van der Waals surface area contributed by atoms with E-state index in [9.17, 15) is 4.79 Å². The van der Waals surface area contributed by atoms with Gasteiger partial charge in [-0.1, -0.05) is 31.2 Å². The van der Waals surface area contributed by atoms with Gasteiger partial charge in [-0.3, -0.25) is 4.79 Å². The number of carbonyl (C=O) groups excluding carboxylic acids is 1. The maximum Gasteiger partial charge on any atom is 0.159 e. The molecular weight excluding hydrogens is 160 g/mol. The standard InChI is InChI=1S/C12H14O/c1-9(13)10-3-5-11(6-4-10)12(2)7-8-12/h3-6H,7-8H2,1-2H3. The second kappa shape index (κ2) is 2.69. The largest absolute Gasteiger partial charge is 0.295 e. The summed E-state index contributed by atoms with van der Waals surface area (Å²) in [6.07, 6.45) is 2.57. The van der Waals surface area contributed by atoms with Crippen LogP contribution in [0.25, 0.3) is 0 Å². The highest BCUT2D eigenvalue weighted by atomic mass is 16.1. The average molecular weight is 174 g/mol. The van der Waals surface area contributed by atoms with Gasteiger partial charge in [0.15, 0.2) is 5.78 Å². The summed E-state index contributed by atoms with van der Waals surface area (Å²) in [5.41, 5.74) is 2.60. The molecule has 0 aromatic heterocycles. The predicted octanol–water partition coefficient (Wildman–Crippen LogP) is 2.94. The second-order valence-electron chi connectivity index (χ2n) is 4.19. The van der Waals surface area contributed by atoms with Gasteiger partial charge in [-0.25, -0.2) is 0 Å². The van der Waals surface area contributed by atoms with Crippen LogP contribution in [0, 0.1) is 0 Å². The zero-order valence-corrected chi connectivity index (χ0v) is 8.13. The van der Waals surface area contributed by atoms with Crippen molar-refractivity contribution in [2.45, 2.75) is 32.1 Å². The number of rotatable bonds is 2. The van der Waals surface area contributed by atoms with E-state index in [4.69, 9.17) is 0 Å². The molecule has 0 bridgehead atoms. The lowest BCUT2D eigenvalue weighted by Crippen LogP contribution is -2.00. The molecule has 0 unspecified atom stereocenters. The van der Waals surface area contributed by atoms with Gasteiger partial charge >= 0.3 is 0 Å². The Morgan fingerprint density at radius 3 is 2.15 bits per heavy atom. The van der Waals surface area contributed by atoms with Crippen molar-refractivity contribution in [1.29, 1.82) is 0 Å². The molecule has 0 heterocycles. The van der Waals surface area contributed by atoms with Gasteiger partial charge in [0.1, 0.15) is 0 Å². The van der Waals surface area contributed by atoms with Crippen LogP contribution < -0.4 is 0 Å². The van der Waals surface area contributed by atoms with Gasteiger partial charge in [0.05, 0.1) is 0 Å². The fraction of sp³-hybridized carbons (Fsp3) is 0.417. The number of benzene rings is 1. The summed E-state index contributed by atoms with van der Waals surface area (Å²) >= 11 is 0. The van der Waals surface area contributed by atoms with Crippen LogP contribution in [-0.4, -0.2) is 5.78 Å². The van der Waals surface area contributed by atoms with Crippen LogP contribution >= 0.6 is 0 Å². The van der Waals surface area contributed by atoms with Gasteiger partial charge < -0.3 is 0 Å². The molecule has 0 spiro atoms. The van der Waals surface area contributed by atoms with E-state index in [-0.39, 0.29) is 5.78 Å². The van der Waals surface area contributed by atoms with Crippen molar-refractivity contribution in [1.82, 2.24) is 0 Å². The van der Waals surface area contributed by atoms with E-state index in [1.54, 1.807) is 6.92 Å². The Labute approximate surface area is 78.8 Å². The summed E-state index contributed by atoms with van der Waals surface area (Å²) in [7, 11) is 0. The molecule has 1 aliphatic carbocycles. The zero-order chi connectivity index (χ0) is 9.47. The molecule has 68 valence electrons. The molecular formula is C12H14O. The van der Waals surface area contributed by atoms with Crippen LogP contribution in [-0.2, 0) is 5.41 Å². The highest BCUT2D eigenvalue weighted by Gasteiger charge is 2.38. The van der Waals surface area contributed by atoms with Gasteiger partial charge in [-0.15, -0.1) is 0 Å². The Bertz CT molecular complexity index is 331. The molecule has 1 heteroatoms. The third kappa shape index (κ3) is 1.51. The zero-order valence-electron chi connectivity index (χ0n) is 8.13. The lowest BCUT2D eigenvalue weighted by Gasteiger charge is -2.08. The average Bonchev–Trinajstić information content (AvgIpc) is 2.85. The fourth-order valence-electron chi connectivity index (χ4n) is 1.58. The van der Waals surface area contributed by atoms with Crippen molar-refractivity contribution in [3.05, 3.63) is 35.4 Å². The van der Waals surface area contributed by atoms with E-state index in [2.05, 4.69) is 19.1 Å². The summed E-state index contributed by atoms with van der Waals surface area (Å²) in [6.45, 7) is 3.88. The van der Waals surface area contributed by atoms with Crippen molar-refractivity contribution >= 4 is 5.78 Å². The molecule has 1 aromatic rings. The summed E-state index contributed by atoms with van der Waals surface area (Å²) in [6, 6.07) is 8.04. The lowest BCUT2D eigenvalue weighted by atomic mass is 9.97. The first-order valence-electron chi connectivity index (χ1n) is 4.73. The van der Waals surface area contributed by atoms with E-state index in [1.165, 1.54) is 18.4 Å². The van der Waals surface area contributed by atoms with E-state index in [1.807, 2.05) is 12.1 Å². The first-order chi connectivity index (χ1) is 6.12. The van der Waals surface area contributed by atoms with Gasteiger partial charge in [-0.05, 0) is 30.7 Å². The summed E-state index contributed by atoms with van der Waals surface area (Å²) in [5.74, 6) is 0.146. The van der Waals surface area contributed by atoms with Crippen LogP contribution in [0.1, 0.15) is 42.6 Å². The normalized spacial score (nSPS) is 18.3. The number of carbonyl (C=O) groups is 1. The third-order valence-corrected chi connectivity index (χ3v) is 2.99. The monoisotopic (exact) mass is 174 g/mol. The molecule has 13 heavy (non-hydrogen) atoms. The Kier molecular flexibility index (Phi) is 1.76. The molecule has 0 atom stereocenters. The topological polar surface area (TPSA) is 17.1 Å². The maximum atomic E-state index is 11.0. The van der Waals surface area contributed by atoms with E-state index < -0.39 is 0 Å². The van der Waals surface area contributed by atoms with Crippen molar-refractivity contribution in [3.63, 3.8) is 0 Å². The first kappa shape index (κ1) is 8.49. The number of hydrogen-bond donors (Lipinski definition) is 0. The van der Waals surface area contributed by atoms with Crippen LogP contribution in [0.5, 0.6) is 0 Å². The number of ketones is 1. The highest BCUT2D eigenvalue weighted by molar-refractivity contribution is 5.94. The molecule has 0 amide bonds. The minimum atomic E-state index is 0.146. The van der Waals surface area contributed by atoms with Crippen LogP contribution in [0.4, 0.5) is 0 Å². The Morgan fingerprint density at radius 2 is 1.77 bits per heavy atom. The molecule has 0 radical (unpaired) electrons. The Morgan fingerprint density at radius 1 is 1.23 bits per heavy atom. The quantitative estimate of drug-likeness (QED) is 0.630. The fourth-order valence-corrected chi connectivity index (χ4v) is 1.58. The van der Waals surface area contributed by atoms with Crippen molar-refractivity contribution in [2.24, 2.45) is 0 Å². The molecule has 1 fully saturated rings. The summed E-state index contributed by atoms with van der Waals surface area (Å²) in [4.78, 5) is 11.0. The Balaban J connectivity index is 2.28. The van der Waals surface area contributed by atoms with Crippen molar-refractivity contribution < 1.29 is 4.79 Å². The SMILES string of the molecule is CC(=O)c1ccc(C2(C)CC2)cc1. The minimum absolute atomic E-state index is 0.146. The van der Waals surface area contributed by atoms with Crippen LogP contribution in [0.15, 0.2) is 24.3 Å². The molecule has 0 N–H and O–H groups in total. The minimum Gasteiger partial charge on any atom is -0.295 e. The van der Waals surface area contributed by atoms with E-state index >= 15 is 0 Å². The Hall–Kier alpha value is -1.11. The molecule has 0 aliphatic heterocycles. The number of hydrogen-bond acceptors (Lipinski definition) is 1. The van der Waals surface area contributed by atoms with Crippen LogP contribution in [0.2, 0.25) is 0 Å². The molecule has 1 aromatic carbocycles. The van der Waals surface area contributed by atoms with Gasteiger partial charge in [-0.2, -0.15) is 0 Å². The smallest absolute Gasteiger partial charge is 0.159 e. The lowest BCUT2D eigenvalue weighted by molar-refractivity contribution is 0.101. The second-order valence-corrected chi connectivity index (χ2v) is 4.19. The molecule has 1 nitrogen and oxygen atoms in total. The molecule has 1 saturated carbocycles. The van der Waals surface area contributed by atoms with E-state index in [0.29, 0.717) is 5.41 Å². The highest BCUT2D eigenvalue weighted by Crippen LogP contribution is 2.47. The van der Waals surface area contributed by atoms with Crippen molar-refractivity contribution in [2.75, 3.05) is 0 Å². The summed E-state index contributed by atoms with van der Waals surface area (Å²) in [5, 5.41) is 0. The maximum absolute atomic E-state index is 11.0. The van der Waals surface area contributed by atoms with Gasteiger partial charge in [0.25, 0.3) is 0 Å². The van der Waals surface area contributed by atoms with Crippen molar-refractivity contribution in [3.8, 4) is 0 Å². The third-order valence-electron chi connectivity index (χ3n) is 2.99. The number of Topliss-reactive ketones (excluding diaryl/α,β-unsaturated/α-hetero) is 1. The van der Waals surface area contributed by atoms with E-state index in [0.717, 1.165) is 5.56 Å². The van der Waals surface area contributed by atoms with Gasteiger partial charge in [0, 0.05) is 5.56 Å². The summed E-state index contributed by atoms with van der Waals surface area (Å²) < 4.78 is 0. The molecule has 0 saturated heterocycles. The molecule has 1 aliphatic rings. The van der Waals surface area contributed by atoms with Crippen LogP contribution in [0.3, 0.4) is 0 Å². The molecule has 2 rings (SSSR count). The predicted molar refractivity (Wildman–Crippen MR) is 53.0 cm³/mol. The van der Waals surface area contributed by atoms with Gasteiger partial charge in [0.2, 0.25) is 0 Å². The first-order valence-corrected chi connectivity index (χ1v) is 4.73.